The van der Waals surface area contributed by atoms with Crippen LogP contribution < -0.4 is 10.1 Å². The third kappa shape index (κ3) is 2.45. The molecule has 0 radical (unpaired) electrons. The molecule has 1 spiro atoms. The summed E-state index contributed by atoms with van der Waals surface area (Å²) in [7, 11) is 0. The van der Waals surface area contributed by atoms with Gasteiger partial charge in [-0.1, -0.05) is 18.3 Å². The van der Waals surface area contributed by atoms with Crippen molar-refractivity contribution in [2.45, 2.75) is 38.3 Å². The normalized spacial score (nSPS) is 28.4. The lowest BCUT2D eigenvalue weighted by Gasteiger charge is -2.52. The number of aromatic nitrogens is 1. The number of thiazole rings is 1. The van der Waals surface area contributed by atoms with Crippen molar-refractivity contribution in [1.29, 1.82) is 0 Å². The lowest BCUT2D eigenvalue weighted by Crippen LogP contribution is -2.56. The number of carbonyl (C=O) groups is 1. The van der Waals surface area contributed by atoms with Gasteiger partial charge in [-0.2, -0.15) is 4.98 Å². The summed E-state index contributed by atoms with van der Waals surface area (Å²) < 4.78 is 12.3. The minimum absolute atomic E-state index is 0.0305. The van der Waals surface area contributed by atoms with Gasteiger partial charge >= 0.3 is 0 Å². The van der Waals surface area contributed by atoms with Gasteiger partial charge < -0.3 is 14.8 Å². The molecule has 1 amide bonds. The van der Waals surface area contributed by atoms with Crippen molar-refractivity contribution in [3.8, 4) is 5.19 Å². The zero-order valence-corrected chi connectivity index (χ0v) is 14.5. The molecule has 5 rings (SSSR count). The van der Waals surface area contributed by atoms with E-state index in [0.29, 0.717) is 17.4 Å². The van der Waals surface area contributed by atoms with Crippen molar-refractivity contribution in [2.24, 2.45) is 11.3 Å². The minimum Gasteiger partial charge on any atom is -0.467 e. The van der Waals surface area contributed by atoms with Crippen molar-refractivity contribution in [1.82, 2.24) is 10.3 Å². The van der Waals surface area contributed by atoms with Gasteiger partial charge in [0.25, 0.3) is 11.1 Å². The fourth-order valence-electron chi connectivity index (χ4n) is 3.40. The zero-order chi connectivity index (χ0) is 15.6. The molecular weight excluding hydrogens is 332 g/mol. The van der Waals surface area contributed by atoms with Crippen LogP contribution in [0.3, 0.4) is 0 Å². The van der Waals surface area contributed by atoms with E-state index in [1.54, 1.807) is 0 Å². The van der Waals surface area contributed by atoms with Crippen LogP contribution >= 0.6 is 22.7 Å². The number of fused-ring (bicyclic) bond motifs is 1. The number of thiophene rings is 1. The molecule has 5 nitrogen and oxygen atoms in total. The molecule has 2 aromatic heterocycles. The molecule has 0 bridgehead atoms. The SMILES string of the molecule is C[C@H]1C[C@@H]1NC(=O)c1cc2sc(OC3CC4(COC4)C3)nc2s1. The van der Waals surface area contributed by atoms with Gasteiger partial charge in [-0.25, -0.2) is 0 Å². The zero-order valence-electron chi connectivity index (χ0n) is 12.8. The lowest BCUT2D eigenvalue weighted by molar-refractivity contribution is -0.191. The Morgan fingerprint density at radius 1 is 1.43 bits per heavy atom. The van der Waals surface area contributed by atoms with Crippen molar-refractivity contribution < 1.29 is 14.3 Å². The third-order valence-electron chi connectivity index (χ3n) is 5.12. The Bertz CT molecular complexity index is 740. The highest BCUT2D eigenvalue weighted by atomic mass is 32.1. The molecule has 0 aromatic carbocycles. The van der Waals surface area contributed by atoms with Crippen molar-refractivity contribution in [2.75, 3.05) is 13.2 Å². The van der Waals surface area contributed by atoms with Crippen molar-refractivity contribution in [3.63, 3.8) is 0 Å². The first-order chi connectivity index (χ1) is 11.1. The van der Waals surface area contributed by atoms with Gasteiger partial charge in [0.2, 0.25) is 0 Å². The van der Waals surface area contributed by atoms with E-state index >= 15 is 0 Å². The van der Waals surface area contributed by atoms with E-state index in [4.69, 9.17) is 9.47 Å². The number of rotatable bonds is 4. The molecule has 1 saturated heterocycles. The van der Waals surface area contributed by atoms with E-state index in [2.05, 4.69) is 17.2 Å². The van der Waals surface area contributed by atoms with Crippen LogP contribution in [0.25, 0.3) is 9.53 Å². The third-order valence-corrected chi connectivity index (χ3v) is 7.17. The maximum absolute atomic E-state index is 12.2. The smallest absolute Gasteiger partial charge is 0.275 e. The number of nitrogens with zero attached hydrogens (tertiary/aromatic N) is 1. The highest BCUT2D eigenvalue weighted by Crippen LogP contribution is 2.49. The quantitative estimate of drug-likeness (QED) is 0.921. The topological polar surface area (TPSA) is 60.5 Å². The predicted octanol–water partition coefficient (Wildman–Crippen LogP) is 3.05. The summed E-state index contributed by atoms with van der Waals surface area (Å²) in [5.41, 5.74) is 0.407. The Hall–Kier alpha value is -1.18. The average molecular weight is 350 g/mol. The highest BCUT2D eigenvalue weighted by Gasteiger charge is 2.51. The van der Waals surface area contributed by atoms with Crippen LogP contribution in [0, 0.1) is 11.3 Å². The van der Waals surface area contributed by atoms with Gasteiger partial charge in [0.1, 0.15) is 10.9 Å². The molecule has 3 heterocycles. The van der Waals surface area contributed by atoms with E-state index in [1.807, 2.05) is 6.07 Å². The Labute approximate surface area is 142 Å². The van der Waals surface area contributed by atoms with Gasteiger partial charge in [0.05, 0.1) is 22.8 Å². The van der Waals surface area contributed by atoms with E-state index < -0.39 is 0 Å². The van der Waals surface area contributed by atoms with E-state index in [9.17, 15) is 4.79 Å². The standard InChI is InChI=1S/C16H18N2O3S2/c1-8-2-10(8)17-13(19)11-3-12-14(22-11)18-15(23-12)21-9-4-16(5-9)6-20-7-16/h3,8-10H,2,4-7H2,1H3,(H,17,19)/t8-,10-/m0/s1. The average Bonchev–Trinajstić information content (AvgIpc) is 2.82. The molecule has 2 aliphatic carbocycles. The molecule has 1 aliphatic heterocycles. The Morgan fingerprint density at radius 3 is 2.83 bits per heavy atom. The summed E-state index contributed by atoms with van der Waals surface area (Å²) in [6.45, 7) is 3.93. The maximum atomic E-state index is 12.2. The van der Waals surface area contributed by atoms with Crippen LogP contribution in [0.5, 0.6) is 5.19 Å². The first-order valence-corrected chi connectivity index (χ1v) is 9.69. The molecule has 2 aromatic rings. The molecule has 3 aliphatic rings. The molecule has 3 fully saturated rings. The predicted molar refractivity (Wildman–Crippen MR) is 89.4 cm³/mol. The Balaban J connectivity index is 1.24. The fraction of sp³-hybridized carbons (Fsp3) is 0.625. The lowest BCUT2D eigenvalue weighted by atomic mass is 9.65. The molecule has 0 unspecified atom stereocenters. The summed E-state index contributed by atoms with van der Waals surface area (Å²) in [6.07, 6.45) is 3.52. The van der Waals surface area contributed by atoms with Gasteiger partial charge in [0.15, 0.2) is 0 Å². The van der Waals surface area contributed by atoms with E-state index in [1.165, 1.54) is 22.7 Å². The molecule has 122 valence electrons. The minimum atomic E-state index is 0.0305. The molecule has 1 N–H and O–H groups in total. The van der Waals surface area contributed by atoms with Crippen molar-refractivity contribution in [3.05, 3.63) is 10.9 Å². The summed E-state index contributed by atoms with van der Waals surface area (Å²) in [6, 6.07) is 2.30. The van der Waals surface area contributed by atoms with E-state index in [-0.39, 0.29) is 12.0 Å². The maximum Gasteiger partial charge on any atom is 0.275 e. The summed E-state index contributed by atoms with van der Waals surface area (Å²) >= 11 is 2.99. The second-order valence-electron chi connectivity index (χ2n) is 7.19. The van der Waals surface area contributed by atoms with Crippen LogP contribution in [0.15, 0.2) is 6.07 Å². The van der Waals surface area contributed by atoms with E-state index in [0.717, 1.165) is 52.1 Å². The Kier molecular flexibility index (Phi) is 3.03. The van der Waals surface area contributed by atoms with Gasteiger partial charge in [-0.3, -0.25) is 4.79 Å². The second-order valence-corrected chi connectivity index (χ2v) is 9.22. The molecular formula is C16H18N2O3S2. The summed E-state index contributed by atoms with van der Waals surface area (Å²) in [5.74, 6) is 0.646. The second kappa shape index (κ2) is 4.91. The number of amides is 1. The molecule has 2 atom stereocenters. The van der Waals surface area contributed by atoms with Crippen molar-refractivity contribution >= 4 is 38.1 Å². The van der Waals surface area contributed by atoms with Crippen LogP contribution in [0.4, 0.5) is 0 Å². The Morgan fingerprint density at radius 2 is 2.22 bits per heavy atom. The summed E-state index contributed by atoms with van der Waals surface area (Å²) in [4.78, 5) is 18.4. The first-order valence-electron chi connectivity index (χ1n) is 8.06. The van der Waals surface area contributed by atoms with Crippen LogP contribution in [-0.4, -0.2) is 36.3 Å². The van der Waals surface area contributed by atoms with Crippen LogP contribution in [0.2, 0.25) is 0 Å². The monoisotopic (exact) mass is 350 g/mol. The number of hydrogen-bond donors (Lipinski definition) is 1. The largest absolute Gasteiger partial charge is 0.467 e. The first kappa shape index (κ1) is 14.2. The number of hydrogen-bond acceptors (Lipinski definition) is 6. The molecule has 23 heavy (non-hydrogen) atoms. The van der Waals surface area contributed by atoms with Gasteiger partial charge in [-0.15, -0.1) is 11.3 Å². The molecule has 7 heteroatoms. The molecule has 2 saturated carbocycles. The van der Waals surface area contributed by atoms with Crippen LogP contribution in [-0.2, 0) is 4.74 Å². The highest BCUT2D eigenvalue weighted by molar-refractivity contribution is 7.28. The van der Waals surface area contributed by atoms with Gasteiger partial charge in [-0.05, 0) is 31.2 Å². The van der Waals surface area contributed by atoms with Gasteiger partial charge in [0, 0.05) is 11.5 Å². The number of ether oxygens (including phenoxy) is 2. The summed E-state index contributed by atoms with van der Waals surface area (Å²) in [5, 5.41) is 3.79. The number of nitrogens with one attached hydrogen (secondary N) is 1. The van der Waals surface area contributed by atoms with Crippen LogP contribution in [0.1, 0.15) is 35.9 Å². The fourth-order valence-corrected chi connectivity index (χ4v) is 5.43. The number of carbonyl (C=O) groups excluding carboxylic acids is 1.